The molecule has 0 radical (unpaired) electrons. The Hall–Kier alpha value is -0.810. The number of carbonyl (C=O) groups is 1. The number of hydrogen-bond acceptors (Lipinski definition) is 3. The second-order valence-corrected chi connectivity index (χ2v) is 3.02. The van der Waals surface area contributed by atoms with Gasteiger partial charge in [-0.25, -0.2) is 10.6 Å². The van der Waals surface area contributed by atoms with Crippen molar-refractivity contribution in [2.75, 3.05) is 13.2 Å². The lowest BCUT2D eigenvalue weighted by Crippen LogP contribution is -2.46. The standard InChI is InChI=1S/C7H17N3O2/c1-4-12-7(2,3)5-9-6(11)10-8/h4-5,8H2,1-3H3,(H2,9,10,11). The van der Waals surface area contributed by atoms with Gasteiger partial charge >= 0.3 is 6.03 Å². The van der Waals surface area contributed by atoms with Crippen molar-refractivity contribution in [2.24, 2.45) is 5.84 Å². The molecule has 4 N–H and O–H groups in total. The molecule has 12 heavy (non-hydrogen) atoms. The number of carbonyl (C=O) groups excluding carboxylic acids is 1. The minimum absolute atomic E-state index is 0.346. The van der Waals surface area contributed by atoms with Crippen molar-refractivity contribution < 1.29 is 9.53 Å². The van der Waals surface area contributed by atoms with Crippen LogP contribution >= 0.6 is 0 Å². The molecule has 0 atom stereocenters. The van der Waals surface area contributed by atoms with Gasteiger partial charge in [0, 0.05) is 13.2 Å². The van der Waals surface area contributed by atoms with E-state index in [2.05, 4.69) is 5.32 Å². The number of ether oxygens (including phenoxy) is 1. The van der Waals surface area contributed by atoms with Gasteiger partial charge in [0.05, 0.1) is 5.60 Å². The average Bonchev–Trinajstić information content (AvgIpc) is 2.00. The highest BCUT2D eigenvalue weighted by Gasteiger charge is 2.17. The largest absolute Gasteiger partial charge is 0.374 e. The van der Waals surface area contributed by atoms with Crippen LogP contribution in [0.5, 0.6) is 0 Å². The fourth-order valence-corrected chi connectivity index (χ4v) is 0.786. The third-order valence-electron chi connectivity index (χ3n) is 1.34. The molecule has 72 valence electrons. The van der Waals surface area contributed by atoms with Crippen LogP contribution in [0.3, 0.4) is 0 Å². The van der Waals surface area contributed by atoms with E-state index < -0.39 is 6.03 Å². The Bertz CT molecular complexity index is 148. The number of hydrogen-bond donors (Lipinski definition) is 3. The molecule has 0 rings (SSSR count). The van der Waals surface area contributed by atoms with E-state index in [9.17, 15) is 4.79 Å². The molecule has 0 aliphatic heterocycles. The Morgan fingerprint density at radius 2 is 2.17 bits per heavy atom. The summed E-state index contributed by atoms with van der Waals surface area (Å²) >= 11 is 0. The number of rotatable bonds is 4. The molecule has 0 aliphatic rings. The molecular weight excluding hydrogens is 158 g/mol. The second kappa shape index (κ2) is 4.95. The molecule has 0 aromatic rings. The van der Waals surface area contributed by atoms with Crippen molar-refractivity contribution in [1.29, 1.82) is 0 Å². The SMILES string of the molecule is CCOC(C)(C)CNC(=O)NN. The molecule has 0 fully saturated rings. The zero-order valence-corrected chi connectivity index (χ0v) is 7.81. The first-order valence-electron chi connectivity index (χ1n) is 3.90. The van der Waals surface area contributed by atoms with Crippen LogP contribution in [0.4, 0.5) is 4.79 Å². The number of urea groups is 1. The van der Waals surface area contributed by atoms with E-state index in [-0.39, 0.29) is 5.60 Å². The highest BCUT2D eigenvalue weighted by atomic mass is 16.5. The topological polar surface area (TPSA) is 76.4 Å². The Morgan fingerprint density at radius 3 is 2.58 bits per heavy atom. The number of amides is 2. The molecule has 0 spiro atoms. The molecule has 0 aromatic carbocycles. The molecule has 0 aliphatic carbocycles. The van der Waals surface area contributed by atoms with Gasteiger partial charge in [0.25, 0.3) is 0 Å². The number of hydrazine groups is 1. The van der Waals surface area contributed by atoms with Crippen LogP contribution in [-0.4, -0.2) is 24.8 Å². The molecule has 2 amide bonds. The third-order valence-corrected chi connectivity index (χ3v) is 1.34. The van der Waals surface area contributed by atoms with Crippen LogP contribution in [0.25, 0.3) is 0 Å². The highest BCUT2D eigenvalue weighted by molar-refractivity contribution is 5.73. The second-order valence-electron chi connectivity index (χ2n) is 3.02. The Labute approximate surface area is 72.6 Å². The Morgan fingerprint density at radius 1 is 1.58 bits per heavy atom. The zero-order valence-electron chi connectivity index (χ0n) is 7.81. The highest BCUT2D eigenvalue weighted by Crippen LogP contribution is 2.06. The molecule has 0 saturated carbocycles. The molecule has 0 heterocycles. The molecule has 0 unspecified atom stereocenters. The van der Waals surface area contributed by atoms with Crippen LogP contribution in [-0.2, 0) is 4.74 Å². The van der Waals surface area contributed by atoms with Crippen molar-refractivity contribution in [1.82, 2.24) is 10.7 Å². The minimum atomic E-state index is -0.400. The molecule has 5 nitrogen and oxygen atoms in total. The number of nitrogens with one attached hydrogen (secondary N) is 2. The predicted octanol–water partition coefficient (Wildman–Crippen LogP) is -0.0256. The summed E-state index contributed by atoms with van der Waals surface area (Å²) in [7, 11) is 0. The van der Waals surface area contributed by atoms with Gasteiger partial charge in [-0.3, -0.25) is 5.43 Å². The van der Waals surface area contributed by atoms with Crippen LogP contribution in [0.2, 0.25) is 0 Å². The smallest absolute Gasteiger partial charge is 0.329 e. The van der Waals surface area contributed by atoms with Gasteiger partial charge in [0.2, 0.25) is 0 Å². The first kappa shape index (κ1) is 11.2. The van der Waals surface area contributed by atoms with Gasteiger partial charge in [-0.2, -0.15) is 0 Å². The first-order valence-corrected chi connectivity index (χ1v) is 3.90. The molecule has 0 saturated heterocycles. The summed E-state index contributed by atoms with van der Waals surface area (Å²) in [5, 5.41) is 2.56. The van der Waals surface area contributed by atoms with Gasteiger partial charge in [-0.1, -0.05) is 0 Å². The normalized spacial score (nSPS) is 11.0. The summed E-state index contributed by atoms with van der Waals surface area (Å²) in [4.78, 5) is 10.7. The fourth-order valence-electron chi connectivity index (χ4n) is 0.786. The third kappa shape index (κ3) is 4.92. The minimum Gasteiger partial charge on any atom is -0.374 e. The Balaban J connectivity index is 3.67. The number of nitrogens with two attached hydrogens (primary N) is 1. The summed E-state index contributed by atoms with van der Waals surface area (Å²) in [6.45, 7) is 6.76. The maximum atomic E-state index is 10.7. The lowest BCUT2D eigenvalue weighted by atomic mass is 10.1. The summed E-state index contributed by atoms with van der Waals surface area (Å²) in [5.74, 6) is 4.87. The summed E-state index contributed by atoms with van der Waals surface area (Å²) in [5.41, 5.74) is 1.63. The monoisotopic (exact) mass is 175 g/mol. The molecular formula is C7H17N3O2. The predicted molar refractivity (Wildman–Crippen MR) is 46.4 cm³/mol. The van der Waals surface area contributed by atoms with E-state index in [1.54, 1.807) is 0 Å². The quantitative estimate of drug-likeness (QED) is 0.319. The van der Waals surface area contributed by atoms with Crippen molar-refractivity contribution in [3.05, 3.63) is 0 Å². The van der Waals surface area contributed by atoms with Crippen LogP contribution in [0.1, 0.15) is 20.8 Å². The lowest BCUT2D eigenvalue weighted by molar-refractivity contribution is -0.00688. The van der Waals surface area contributed by atoms with Crippen LogP contribution in [0, 0.1) is 0 Å². The fraction of sp³-hybridized carbons (Fsp3) is 0.857. The van der Waals surface area contributed by atoms with Crippen molar-refractivity contribution >= 4 is 6.03 Å². The summed E-state index contributed by atoms with van der Waals surface area (Å²) < 4.78 is 5.34. The molecule has 5 heteroatoms. The van der Waals surface area contributed by atoms with Crippen LogP contribution < -0.4 is 16.6 Å². The van der Waals surface area contributed by atoms with E-state index >= 15 is 0 Å². The van der Waals surface area contributed by atoms with Gasteiger partial charge in [0.1, 0.15) is 0 Å². The van der Waals surface area contributed by atoms with Crippen molar-refractivity contribution in [3.63, 3.8) is 0 Å². The van der Waals surface area contributed by atoms with E-state index in [0.717, 1.165) is 0 Å². The van der Waals surface area contributed by atoms with Crippen molar-refractivity contribution in [3.8, 4) is 0 Å². The molecule has 0 bridgehead atoms. The van der Waals surface area contributed by atoms with Gasteiger partial charge < -0.3 is 10.1 Å². The summed E-state index contributed by atoms with van der Waals surface area (Å²) in [6, 6.07) is -0.400. The van der Waals surface area contributed by atoms with E-state index in [1.807, 2.05) is 26.2 Å². The molecule has 0 aromatic heterocycles. The summed E-state index contributed by atoms with van der Waals surface area (Å²) in [6.07, 6.45) is 0. The van der Waals surface area contributed by atoms with Crippen LogP contribution in [0.15, 0.2) is 0 Å². The average molecular weight is 175 g/mol. The van der Waals surface area contributed by atoms with E-state index in [4.69, 9.17) is 10.6 Å². The van der Waals surface area contributed by atoms with Gasteiger partial charge in [0.15, 0.2) is 0 Å². The zero-order chi connectivity index (χ0) is 9.61. The van der Waals surface area contributed by atoms with E-state index in [0.29, 0.717) is 13.2 Å². The van der Waals surface area contributed by atoms with E-state index in [1.165, 1.54) is 0 Å². The van der Waals surface area contributed by atoms with Gasteiger partial charge in [-0.05, 0) is 20.8 Å². The maximum Gasteiger partial charge on any atom is 0.329 e. The Kier molecular flexibility index (Phi) is 4.61. The maximum absolute atomic E-state index is 10.7. The van der Waals surface area contributed by atoms with Gasteiger partial charge in [-0.15, -0.1) is 0 Å². The first-order chi connectivity index (χ1) is 5.52. The lowest BCUT2D eigenvalue weighted by Gasteiger charge is -2.24. The van der Waals surface area contributed by atoms with Crippen molar-refractivity contribution in [2.45, 2.75) is 26.4 Å².